The zero-order valence-electron chi connectivity index (χ0n) is 13.7. The Labute approximate surface area is 138 Å². The Kier molecular flexibility index (Phi) is 13.2. The fraction of sp³-hybridized carbons (Fsp3) is 0.923. The van der Waals surface area contributed by atoms with Crippen LogP contribution in [-0.2, 0) is 13.3 Å². The van der Waals surface area contributed by atoms with Crippen LogP contribution in [0.25, 0.3) is 0 Å². The summed E-state index contributed by atoms with van der Waals surface area (Å²) < 4.78 is 17.2. The Morgan fingerprint density at radius 2 is 1.73 bits per heavy atom. The van der Waals surface area contributed by atoms with Gasteiger partial charge >= 0.3 is 8.80 Å². The molecule has 1 amide bonds. The number of aliphatic hydroxyl groups excluding tert-OH is 2. The molecule has 0 aliphatic carbocycles. The van der Waals surface area contributed by atoms with Gasteiger partial charge < -0.3 is 28.8 Å². The fourth-order valence-electron chi connectivity index (χ4n) is 1.77. The van der Waals surface area contributed by atoms with Crippen molar-refractivity contribution in [3.8, 4) is 0 Å². The summed E-state index contributed by atoms with van der Waals surface area (Å²) in [7, 11) is -2.64. The molecule has 0 radical (unpaired) electrons. The van der Waals surface area contributed by atoms with Gasteiger partial charge in [-0.25, -0.2) is 0 Å². The topological polar surface area (TPSA) is 97.3 Å². The van der Waals surface area contributed by atoms with E-state index in [-0.39, 0.29) is 17.6 Å². The molecule has 0 rings (SSSR count). The number of amides is 1. The Morgan fingerprint density at radius 1 is 1.18 bits per heavy atom. The van der Waals surface area contributed by atoms with Crippen LogP contribution in [0.5, 0.6) is 0 Å². The first-order chi connectivity index (χ1) is 10.5. The molecule has 0 aliphatic heterocycles. The fourth-order valence-corrected chi connectivity index (χ4v) is 5.04. The number of carbonyl (C=O) groups is 1. The molecule has 0 fully saturated rings. The summed E-state index contributed by atoms with van der Waals surface area (Å²) in [5.74, 6) is 0.178. The van der Waals surface area contributed by atoms with Crippen LogP contribution in [0.15, 0.2) is 0 Å². The lowest BCUT2D eigenvalue weighted by Gasteiger charge is -2.28. The van der Waals surface area contributed by atoms with Crippen LogP contribution in [0.2, 0.25) is 6.04 Å². The number of hydrogen-bond acceptors (Lipinski definition) is 7. The van der Waals surface area contributed by atoms with Crippen LogP contribution in [0.4, 0.5) is 4.79 Å². The Balaban J connectivity index is 4.08. The molecule has 7 nitrogen and oxygen atoms in total. The number of rotatable bonds is 13. The van der Waals surface area contributed by atoms with Gasteiger partial charge in [-0.1, -0.05) is 11.8 Å². The lowest BCUT2D eigenvalue weighted by molar-refractivity contribution is 0.0708. The highest BCUT2D eigenvalue weighted by Crippen LogP contribution is 2.18. The zero-order chi connectivity index (χ0) is 16.8. The smallest absolute Gasteiger partial charge is 0.394 e. The van der Waals surface area contributed by atoms with Gasteiger partial charge in [-0.05, 0) is 27.2 Å². The number of aliphatic hydroxyl groups is 2. The highest BCUT2D eigenvalue weighted by molar-refractivity contribution is 8.13. The van der Waals surface area contributed by atoms with Crippen LogP contribution in [0, 0.1) is 0 Å². The van der Waals surface area contributed by atoms with Crippen molar-refractivity contribution in [2.75, 3.05) is 38.7 Å². The first-order valence-corrected chi connectivity index (χ1v) is 10.6. The second-order valence-corrected chi connectivity index (χ2v) is 8.17. The molecule has 0 saturated carbocycles. The number of nitrogens with one attached hydrogen (secondary N) is 1. The third-order valence-electron chi connectivity index (χ3n) is 2.64. The molecule has 0 aromatic rings. The standard InChI is InChI=1S/C13H29NO6SSi/c1-4-18-22(19-5-2,20-6-3)9-7-8-14-13(17)21-11-12(16)10-15/h12,15-16H,4-11H2,1-3H3,(H,14,17). The van der Waals surface area contributed by atoms with E-state index in [2.05, 4.69) is 5.32 Å². The monoisotopic (exact) mass is 355 g/mol. The first kappa shape index (κ1) is 21.8. The SMILES string of the molecule is CCO[Si](CCCNC(=O)SCC(O)CO)(OCC)OCC. The van der Waals surface area contributed by atoms with Crippen molar-refractivity contribution in [2.24, 2.45) is 0 Å². The maximum absolute atomic E-state index is 11.5. The molecule has 0 aliphatic rings. The molecule has 0 heterocycles. The van der Waals surface area contributed by atoms with E-state index in [1.165, 1.54) is 0 Å². The number of hydrogen-bond donors (Lipinski definition) is 3. The van der Waals surface area contributed by atoms with Gasteiger partial charge in [0.25, 0.3) is 5.24 Å². The van der Waals surface area contributed by atoms with Crippen molar-refractivity contribution < 1.29 is 28.3 Å². The third kappa shape index (κ3) is 9.77. The molecule has 0 saturated heterocycles. The van der Waals surface area contributed by atoms with E-state index < -0.39 is 14.9 Å². The van der Waals surface area contributed by atoms with Crippen molar-refractivity contribution in [2.45, 2.75) is 39.3 Å². The largest absolute Gasteiger partial charge is 0.500 e. The molecule has 0 spiro atoms. The normalized spacial score (nSPS) is 13.1. The summed E-state index contributed by atoms with van der Waals surface area (Å²) in [6.07, 6.45) is -0.175. The van der Waals surface area contributed by atoms with E-state index in [0.29, 0.717) is 38.8 Å². The minimum atomic E-state index is -2.64. The number of thioether (sulfide) groups is 1. The molecular formula is C13H29NO6SSi. The summed E-state index contributed by atoms with van der Waals surface area (Å²) in [5.41, 5.74) is 0. The average molecular weight is 356 g/mol. The second kappa shape index (κ2) is 13.3. The average Bonchev–Trinajstić information content (AvgIpc) is 2.50. The van der Waals surface area contributed by atoms with E-state index in [9.17, 15) is 4.79 Å². The van der Waals surface area contributed by atoms with Crippen molar-refractivity contribution >= 4 is 25.8 Å². The third-order valence-corrected chi connectivity index (χ3v) is 6.75. The molecule has 0 aromatic heterocycles. The zero-order valence-corrected chi connectivity index (χ0v) is 15.5. The van der Waals surface area contributed by atoms with E-state index in [1.54, 1.807) is 0 Å². The van der Waals surface area contributed by atoms with Crippen LogP contribution < -0.4 is 5.32 Å². The van der Waals surface area contributed by atoms with Gasteiger partial charge in [0.1, 0.15) is 0 Å². The molecule has 1 unspecified atom stereocenters. The lowest BCUT2D eigenvalue weighted by Crippen LogP contribution is -2.46. The minimum Gasteiger partial charge on any atom is -0.394 e. The van der Waals surface area contributed by atoms with Gasteiger partial charge in [0, 0.05) is 38.2 Å². The van der Waals surface area contributed by atoms with Crippen LogP contribution in [0.1, 0.15) is 27.2 Å². The predicted octanol–water partition coefficient (Wildman–Crippen LogP) is 1.22. The highest BCUT2D eigenvalue weighted by atomic mass is 32.2. The van der Waals surface area contributed by atoms with Crippen molar-refractivity contribution in [1.29, 1.82) is 0 Å². The van der Waals surface area contributed by atoms with Crippen LogP contribution in [-0.4, -0.2) is 69.1 Å². The van der Waals surface area contributed by atoms with Crippen molar-refractivity contribution in [3.05, 3.63) is 0 Å². The molecule has 9 heteroatoms. The summed E-state index contributed by atoms with van der Waals surface area (Å²) in [4.78, 5) is 11.5. The summed E-state index contributed by atoms with van der Waals surface area (Å²) in [6.45, 7) is 7.48. The highest BCUT2D eigenvalue weighted by Gasteiger charge is 2.39. The minimum absolute atomic E-state index is 0.178. The van der Waals surface area contributed by atoms with Gasteiger partial charge in [-0.2, -0.15) is 0 Å². The summed E-state index contributed by atoms with van der Waals surface area (Å²) >= 11 is 0.955. The van der Waals surface area contributed by atoms with Gasteiger partial charge in [0.2, 0.25) is 0 Å². The first-order valence-electron chi connectivity index (χ1n) is 7.64. The van der Waals surface area contributed by atoms with Crippen LogP contribution >= 0.6 is 11.8 Å². The predicted molar refractivity (Wildman–Crippen MR) is 89.0 cm³/mol. The van der Waals surface area contributed by atoms with E-state index in [1.807, 2.05) is 20.8 Å². The number of carbonyl (C=O) groups excluding carboxylic acids is 1. The molecule has 1 atom stereocenters. The van der Waals surface area contributed by atoms with Crippen molar-refractivity contribution in [1.82, 2.24) is 5.32 Å². The molecule has 132 valence electrons. The molecule has 22 heavy (non-hydrogen) atoms. The quantitative estimate of drug-likeness (QED) is 0.337. The molecule has 0 aromatic carbocycles. The maximum atomic E-state index is 11.5. The Morgan fingerprint density at radius 3 is 2.18 bits per heavy atom. The molecule has 0 bridgehead atoms. The van der Waals surface area contributed by atoms with E-state index in [4.69, 9.17) is 23.5 Å². The summed E-state index contributed by atoms with van der Waals surface area (Å²) in [6, 6.07) is 0.646. The van der Waals surface area contributed by atoms with Gasteiger partial charge in [0.15, 0.2) is 0 Å². The lowest BCUT2D eigenvalue weighted by atomic mass is 10.4. The molecular weight excluding hydrogens is 326 g/mol. The van der Waals surface area contributed by atoms with Gasteiger partial charge in [0.05, 0.1) is 12.7 Å². The Bertz CT molecular complexity index is 281. The van der Waals surface area contributed by atoms with Crippen molar-refractivity contribution in [3.63, 3.8) is 0 Å². The van der Waals surface area contributed by atoms with Gasteiger partial charge in [-0.3, -0.25) is 4.79 Å². The maximum Gasteiger partial charge on any atom is 0.500 e. The van der Waals surface area contributed by atoms with E-state index >= 15 is 0 Å². The Hall–Kier alpha value is -0.163. The van der Waals surface area contributed by atoms with Gasteiger partial charge in [-0.15, -0.1) is 0 Å². The second-order valence-electron chi connectivity index (χ2n) is 4.45. The summed E-state index contributed by atoms with van der Waals surface area (Å²) in [5, 5.41) is 20.4. The van der Waals surface area contributed by atoms with E-state index in [0.717, 1.165) is 11.8 Å². The molecule has 3 N–H and O–H groups in total. The van der Waals surface area contributed by atoms with Crippen LogP contribution in [0.3, 0.4) is 0 Å².